The van der Waals surface area contributed by atoms with Gasteiger partial charge in [-0.05, 0) is 36.6 Å². The summed E-state index contributed by atoms with van der Waals surface area (Å²) in [6, 6.07) is 7.45. The fraction of sp³-hybridized carbons (Fsp3) is 0.474. The predicted molar refractivity (Wildman–Crippen MR) is 93.8 cm³/mol. The molecule has 1 atom stereocenters. The van der Waals surface area contributed by atoms with Gasteiger partial charge in [-0.25, -0.2) is 4.39 Å². The predicted octanol–water partition coefficient (Wildman–Crippen LogP) is 0.872. The van der Waals surface area contributed by atoms with E-state index in [9.17, 15) is 18.8 Å². The minimum Gasteiger partial charge on any atom is -0.335 e. The maximum Gasteiger partial charge on any atom is 0.312 e. The first-order chi connectivity index (χ1) is 13.0. The number of rotatable bonds is 2. The molecule has 1 aromatic carbocycles. The summed E-state index contributed by atoms with van der Waals surface area (Å²) in [6.07, 6.45) is 1.13. The molecule has 2 fully saturated rings. The molecular formula is C19H21FN4O3. The molecule has 2 aliphatic heterocycles. The maximum atomic E-state index is 13.0. The molecule has 3 rings (SSSR count). The number of nitriles is 1. The number of hydrogen-bond acceptors (Lipinski definition) is 4. The Morgan fingerprint density at radius 3 is 2.19 bits per heavy atom. The molecule has 142 valence electrons. The highest BCUT2D eigenvalue weighted by Gasteiger charge is 2.34. The first-order valence-corrected chi connectivity index (χ1v) is 8.99. The average molecular weight is 372 g/mol. The van der Waals surface area contributed by atoms with E-state index < -0.39 is 17.6 Å². The molecule has 0 bridgehead atoms. The summed E-state index contributed by atoms with van der Waals surface area (Å²) in [4.78, 5) is 41.9. The van der Waals surface area contributed by atoms with Crippen LogP contribution in [0.1, 0.15) is 23.2 Å². The Labute approximate surface area is 156 Å². The Kier molecular flexibility index (Phi) is 5.69. The summed E-state index contributed by atoms with van der Waals surface area (Å²) in [5.74, 6) is -1.57. The quantitative estimate of drug-likeness (QED) is 0.721. The Hall–Kier alpha value is -2.95. The van der Waals surface area contributed by atoms with Crippen molar-refractivity contribution in [3.8, 4) is 6.07 Å². The van der Waals surface area contributed by atoms with Crippen molar-refractivity contribution in [3.05, 3.63) is 35.6 Å². The molecule has 0 saturated carbocycles. The van der Waals surface area contributed by atoms with Crippen LogP contribution in [0.2, 0.25) is 0 Å². The molecule has 27 heavy (non-hydrogen) atoms. The summed E-state index contributed by atoms with van der Waals surface area (Å²) in [7, 11) is 0. The van der Waals surface area contributed by atoms with Gasteiger partial charge in [-0.1, -0.05) is 0 Å². The van der Waals surface area contributed by atoms with Gasteiger partial charge in [0.2, 0.25) is 0 Å². The van der Waals surface area contributed by atoms with Crippen LogP contribution < -0.4 is 0 Å². The Morgan fingerprint density at radius 2 is 1.56 bits per heavy atom. The van der Waals surface area contributed by atoms with Gasteiger partial charge in [-0.3, -0.25) is 14.4 Å². The highest BCUT2D eigenvalue weighted by molar-refractivity contribution is 6.35. The SMILES string of the molecule is N#CCC1CCN(C(=O)C(=O)N2CCN(C(=O)c3ccc(F)cc3)CC2)C1. The van der Waals surface area contributed by atoms with Crippen LogP contribution in [-0.2, 0) is 9.59 Å². The van der Waals surface area contributed by atoms with E-state index in [0.717, 1.165) is 6.42 Å². The Balaban J connectivity index is 1.52. The van der Waals surface area contributed by atoms with Gasteiger partial charge in [0.05, 0.1) is 6.07 Å². The van der Waals surface area contributed by atoms with Gasteiger partial charge in [0, 0.05) is 51.3 Å². The van der Waals surface area contributed by atoms with Crippen molar-refractivity contribution in [1.82, 2.24) is 14.7 Å². The zero-order valence-corrected chi connectivity index (χ0v) is 14.9. The van der Waals surface area contributed by atoms with Gasteiger partial charge in [0.15, 0.2) is 0 Å². The normalized spacial score (nSPS) is 19.7. The van der Waals surface area contributed by atoms with Crippen LogP contribution >= 0.6 is 0 Å². The molecule has 2 saturated heterocycles. The van der Waals surface area contributed by atoms with Crippen molar-refractivity contribution in [2.24, 2.45) is 5.92 Å². The molecule has 0 radical (unpaired) electrons. The second-order valence-electron chi connectivity index (χ2n) is 6.86. The zero-order valence-electron chi connectivity index (χ0n) is 14.9. The monoisotopic (exact) mass is 372 g/mol. The molecule has 2 heterocycles. The lowest BCUT2D eigenvalue weighted by molar-refractivity contribution is -0.152. The molecule has 0 aromatic heterocycles. The summed E-state index contributed by atoms with van der Waals surface area (Å²) >= 11 is 0. The Morgan fingerprint density at radius 1 is 0.963 bits per heavy atom. The second-order valence-corrected chi connectivity index (χ2v) is 6.86. The van der Waals surface area contributed by atoms with E-state index in [2.05, 4.69) is 6.07 Å². The van der Waals surface area contributed by atoms with E-state index in [4.69, 9.17) is 5.26 Å². The van der Waals surface area contributed by atoms with Crippen LogP contribution in [0.4, 0.5) is 4.39 Å². The van der Waals surface area contributed by atoms with Crippen LogP contribution in [0.15, 0.2) is 24.3 Å². The fourth-order valence-electron chi connectivity index (χ4n) is 3.47. The number of piperazine rings is 1. The lowest BCUT2D eigenvalue weighted by atomic mass is 10.1. The van der Waals surface area contributed by atoms with Crippen LogP contribution in [0, 0.1) is 23.1 Å². The summed E-state index contributed by atoms with van der Waals surface area (Å²) < 4.78 is 13.0. The first-order valence-electron chi connectivity index (χ1n) is 8.99. The van der Waals surface area contributed by atoms with Crippen LogP contribution in [0.5, 0.6) is 0 Å². The largest absolute Gasteiger partial charge is 0.335 e. The molecule has 0 spiro atoms. The van der Waals surface area contributed by atoms with E-state index in [1.807, 2.05) is 0 Å². The van der Waals surface area contributed by atoms with Crippen molar-refractivity contribution in [1.29, 1.82) is 5.26 Å². The number of halogens is 1. The molecule has 0 aliphatic carbocycles. The van der Waals surface area contributed by atoms with Crippen molar-refractivity contribution >= 4 is 17.7 Å². The number of amides is 3. The third-order valence-electron chi connectivity index (χ3n) is 5.08. The molecule has 3 amide bonds. The third kappa shape index (κ3) is 4.25. The molecule has 1 unspecified atom stereocenters. The minimum absolute atomic E-state index is 0.136. The van der Waals surface area contributed by atoms with E-state index in [-0.39, 0.29) is 24.9 Å². The Bertz CT molecular complexity index is 766. The van der Waals surface area contributed by atoms with Crippen molar-refractivity contribution in [2.75, 3.05) is 39.3 Å². The standard InChI is InChI=1S/C19H21FN4O3/c20-16-3-1-15(2-4-16)17(25)22-9-11-23(12-10-22)18(26)19(27)24-8-6-14(13-24)5-7-21/h1-4,14H,5-6,8-13H2. The number of nitrogens with zero attached hydrogens (tertiary/aromatic N) is 4. The second kappa shape index (κ2) is 8.16. The van der Waals surface area contributed by atoms with Gasteiger partial charge in [-0.15, -0.1) is 0 Å². The fourth-order valence-corrected chi connectivity index (χ4v) is 3.47. The van der Waals surface area contributed by atoms with Gasteiger partial charge in [0.1, 0.15) is 5.82 Å². The highest BCUT2D eigenvalue weighted by Crippen LogP contribution is 2.20. The van der Waals surface area contributed by atoms with Gasteiger partial charge >= 0.3 is 11.8 Å². The summed E-state index contributed by atoms with van der Waals surface area (Å²) in [5, 5.41) is 8.75. The van der Waals surface area contributed by atoms with E-state index in [1.165, 1.54) is 34.1 Å². The molecule has 0 N–H and O–H groups in total. The van der Waals surface area contributed by atoms with Crippen molar-refractivity contribution < 1.29 is 18.8 Å². The molecule has 8 heteroatoms. The molecular weight excluding hydrogens is 351 g/mol. The zero-order chi connectivity index (χ0) is 19.4. The van der Waals surface area contributed by atoms with Crippen molar-refractivity contribution in [3.63, 3.8) is 0 Å². The van der Waals surface area contributed by atoms with Crippen LogP contribution in [-0.4, -0.2) is 71.7 Å². The maximum absolute atomic E-state index is 13.0. The lowest BCUT2D eigenvalue weighted by Crippen LogP contribution is -2.54. The third-order valence-corrected chi connectivity index (χ3v) is 5.08. The van der Waals surface area contributed by atoms with Crippen LogP contribution in [0.25, 0.3) is 0 Å². The lowest BCUT2D eigenvalue weighted by Gasteiger charge is -2.35. The first kappa shape index (κ1) is 18.8. The van der Waals surface area contributed by atoms with Gasteiger partial charge in [0.25, 0.3) is 5.91 Å². The van der Waals surface area contributed by atoms with Crippen LogP contribution in [0.3, 0.4) is 0 Å². The summed E-state index contributed by atoms with van der Waals surface area (Å²) in [5.41, 5.74) is 0.396. The van der Waals surface area contributed by atoms with Crippen molar-refractivity contribution in [2.45, 2.75) is 12.8 Å². The molecule has 7 nitrogen and oxygen atoms in total. The van der Waals surface area contributed by atoms with Gasteiger partial charge < -0.3 is 14.7 Å². The van der Waals surface area contributed by atoms with E-state index in [0.29, 0.717) is 38.2 Å². The molecule has 1 aromatic rings. The van der Waals surface area contributed by atoms with Gasteiger partial charge in [-0.2, -0.15) is 5.26 Å². The minimum atomic E-state index is -0.554. The number of likely N-dealkylation sites (tertiary alicyclic amines) is 1. The number of benzene rings is 1. The number of hydrogen-bond donors (Lipinski definition) is 0. The van der Waals surface area contributed by atoms with E-state index in [1.54, 1.807) is 4.90 Å². The topological polar surface area (TPSA) is 84.7 Å². The highest BCUT2D eigenvalue weighted by atomic mass is 19.1. The van der Waals surface area contributed by atoms with E-state index >= 15 is 0 Å². The molecule has 2 aliphatic rings. The average Bonchev–Trinajstić information content (AvgIpc) is 3.16. The smallest absolute Gasteiger partial charge is 0.312 e. The number of carbonyl (C=O) groups excluding carboxylic acids is 3. The number of carbonyl (C=O) groups is 3. The summed E-state index contributed by atoms with van der Waals surface area (Å²) in [6.45, 7) is 2.17.